The fourth-order valence-electron chi connectivity index (χ4n) is 2.61. The summed E-state index contributed by atoms with van der Waals surface area (Å²) in [5, 5.41) is 5.03. The summed E-state index contributed by atoms with van der Waals surface area (Å²) in [7, 11) is 0. The quantitative estimate of drug-likeness (QED) is 0.828. The Kier molecular flexibility index (Phi) is 3.61. The Labute approximate surface area is 115 Å². The van der Waals surface area contributed by atoms with Crippen LogP contribution in [0.25, 0.3) is 10.9 Å². The molecule has 2 aromatic rings. The van der Waals surface area contributed by atoms with Crippen LogP contribution >= 0.6 is 0 Å². The van der Waals surface area contributed by atoms with Gasteiger partial charge in [-0.2, -0.15) is 0 Å². The SMILES string of the molecule is CCC(C)Cn1ccc2c(CNC3CC3)cccc21. The highest BCUT2D eigenvalue weighted by atomic mass is 15.0. The smallest absolute Gasteiger partial charge is 0.0483 e. The third-order valence-electron chi connectivity index (χ3n) is 4.27. The van der Waals surface area contributed by atoms with E-state index in [0.29, 0.717) is 0 Å². The highest BCUT2D eigenvalue weighted by molar-refractivity contribution is 5.83. The molecule has 1 fully saturated rings. The minimum absolute atomic E-state index is 0.740. The molecule has 0 saturated heterocycles. The van der Waals surface area contributed by atoms with Crippen molar-refractivity contribution in [2.45, 2.75) is 52.2 Å². The Bertz CT molecular complexity index is 551. The van der Waals surface area contributed by atoms with Crippen LogP contribution in [0.5, 0.6) is 0 Å². The summed E-state index contributed by atoms with van der Waals surface area (Å²) in [5.74, 6) is 0.740. The third-order valence-corrected chi connectivity index (χ3v) is 4.27. The summed E-state index contributed by atoms with van der Waals surface area (Å²) < 4.78 is 2.41. The Morgan fingerprint density at radius 2 is 2.16 bits per heavy atom. The number of benzene rings is 1. The van der Waals surface area contributed by atoms with E-state index in [-0.39, 0.29) is 0 Å². The topological polar surface area (TPSA) is 17.0 Å². The van der Waals surface area contributed by atoms with Crippen molar-refractivity contribution in [1.29, 1.82) is 0 Å². The monoisotopic (exact) mass is 256 g/mol. The first-order valence-corrected chi connectivity index (χ1v) is 7.58. The molecule has 1 aliphatic rings. The molecule has 1 aromatic carbocycles. The molecule has 0 amide bonds. The van der Waals surface area contributed by atoms with Crippen LogP contribution in [0.1, 0.15) is 38.7 Å². The molecular weight excluding hydrogens is 232 g/mol. The lowest BCUT2D eigenvalue weighted by Gasteiger charge is -2.12. The van der Waals surface area contributed by atoms with Crippen molar-refractivity contribution >= 4 is 10.9 Å². The van der Waals surface area contributed by atoms with Gasteiger partial charge in [-0.1, -0.05) is 32.4 Å². The van der Waals surface area contributed by atoms with Gasteiger partial charge in [-0.05, 0) is 36.5 Å². The van der Waals surface area contributed by atoms with Gasteiger partial charge in [0.2, 0.25) is 0 Å². The van der Waals surface area contributed by atoms with Gasteiger partial charge in [0.15, 0.2) is 0 Å². The van der Waals surface area contributed by atoms with Crippen molar-refractivity contribution in [1.82, 2.24) is 9.88 Å². The second-order valence-electron chi connectivity index (χ2n) is 5.99. The Hall–Kier alpha value is -1.28. The molecule has 0 bridgehead atoms. The molecule has 0 aliphatic heterocycles. The highest BCUT2D eigenvalue weighted by Crippen LogP contribution is 2.24. The lowest BCUT2D eigenvalue weighted by molar-refractivity contribution is 0.477. The summed E-state index contributed by atoms with van der Waals surface area (Å²) in [5.41, 5.74) is 2.82. The molecule has 1 saturated carbocycles. The van der Waals surface area contributed by atoms with E-state index in [2.05, 4.69) is 54.2 Å². The minimum Gasteiger partial charge on any atom is -0.347 e. The fourth-order valence-corrected chi connectivity index (χ4v) is 2.61. The first-order chi connectivity index (χ1) is 9.28. The summed E-state index contributed by atoms with van der Waals surface area (Å²) in [4.78, 5) is 0. The van der Waals surface area contributed by atoms with Crippen LogP contribution in [0.15, 0.2) is 30.5 Å². The summed E-state index contributed by atoms with van der Waals surface area (Å²) in [6.45, 7) is 6.72. The van der Waals surface area contributed by atoms with Crippen molar-refractivity contribution in [2.75, 3.05) is 0 Å². The molecule has 102 valence electrons. The summed E-state index contributed by atoms with van der Waals surface area (Å²) in [6, 6.07) is 9.75. The lowest BCUT2D eigenvalue weighted by Crippen LogP contribution is -2.15. The number of hydrogen-bond acceptors (Lipinski definition) is 1. The summed E-state index contributed by atoms with van der Waals surface area (Å²) in [6.07, 6.45) is 6.19. The van der Waals surface area contributed by atoms with Crippen molar-refractivity contribution < 1.29 is 0 Å². The zero-order valence-corrected chi connectivity index (χ0v) is 12.0. The summed E-state index contributed by atoms with van der Waals surface area (Å²) >= 11 is 0. The molecule has 1 atom stereocenters. The molecule has 1 N–H and O–H groups in total. The second kappa shape index (κ2) is 5.38. The van der Waals surface area contributed by atoms with E-state index < -0.39 is 0 Å². The van der Waals surface area contributed by atoms with Gasteiger partial charge >= 0.3 is 0 Å². The Morgan fingerprint density at radius 1 is 1.32 bits per heavy atom. The maximum atomic E-state index is 3.62. The molecule has 3 rings (SSSR count). The molecule has 1 aliphatic carbocycles. The number of hydrogen-bond donors (Lipinski definition) is 1. The van der Waals surface area contributed by atoms with Crippen LogP contribution in [-0.2, 0) is 13.1 Å². The Balaban J connectivity index is 1.83. The molecule has 19 heavy (non-hydrogen) atoms. The Morgan fingerprint density at radius 3 is 2.89 bits per heavy atom. The van der Waals surface area contributed by atoms with E-state index in [0.717, 1.165) is 25.0 Å². The van der Waals surface area contributed by atoms with Crippen LogP contribution in [0.2, 0.25) is 0 Å². The number of nitrogens with one attached hydrogen (secondary N) is 1. The maximum Gasteiger partial charge on any atom is 0.0483 e. The zero-order valence-electron chi connectivity index (χ0n) is 12.0. The number of fused-ring (bicyclic) bond motifs is 1. The van der Waals surface area contributed by atoms with Crippen LogP contribution in [0.4, 0.5) is 0 Å². The maximum absolute atomic E-state index is 3.62. The highest BCUT2D eigenvalue weighted by Gasteiger charge is 2.20. The van der Waals surface area contributed by atoms with E-state index in [1.807, 2.05) is 0 Å². The molecule has 1 aromatic heterocycles. The van der Waals surface area contributed by atoms with Crippen molar-refractivity contribution in [2.24, 2.45) is 5.92 Å². The van der Waals surface area contributed by atoms with Gasteiger partial charge in [0.1, 0.15) is 0 Å². The second-order valence-corrected chi connectivity index (χ2v) is 5.99. The molecule has 1 heterocycles. The van der Waals surface area contributed by atoms with Gasteiger partial charge in [0.05, 0.1) is 0 Å². The van der Waals surface area contributed by atoms with Gasteiger partial charge in [-0.25, -0.2) is 0 Å². The van der Waals surface area contributed by atoms with Gasteiger partial charge in [0.25, 0.3) is 0 Å². The fraction of sp³-hybridized carbons (Fsp3) is 0.529. The lowest BCUT2D eigenvalue weighted by atomic mass is 10.1. The van der Waals surface area contributed by atoms with Gasteiger partial charge < -0.3 is 9.88 Å². The molecule has 2 nitrogen and oxygen atoms in total. The van der Waals surface area contributed by atoms with E-state index in [1.165, 1.54) is 35.7 Å². The normalized spacial score (nSPS) is 16.9. The van der Waals surface area contributed by atoms with Gasteiger partial charge in [-0.3, -0.25) is 0 Å². The predicted octanol–water partition coefficient (Wildman–Crippen LogP) is 3.94. The van der Waals surface area contributed by atoms with E-state index >= 15 is 0 Å². The van der Waals surface area contributed by atoms with Crippen LogP contribution in [-0.4, -0.2) is 10.6 Å². The van der Waals surface area contributed by atoms with Crippen LogP contribution in [0, 0.1) is 5.92 Å². The number of aromatic nitrogens is 1. The standard InChI is InChI=1S/C17H24N2/c1-3-13(2)12-19-10-9-16-14(5-4-6-17(16)19)11-18-15-7-8-15/h4-6,9-10,13,15,18H,3,7-8,11-12H2,1-2H3. The molecule has 2 heteroatoms. The zero-order chi connectivity index (χ0) is 13.2. The van der Waals surface area contributed by atoms with Gasteiger partial charge in [0, 0.05) is 36.2 Å². The van der Waals surface area contributed by atoms with Crippen molar-refractivity contribution in [3.05, 3.63) is 36.0 Å². The molecular formula is C17H24N2. The molecule has 0 spiro atoms. The van der Waals surface area contributed by atoms with E-state index in [9.17, 15) is 0 Å². The first kappa shape index (κ1) is 12.7. The minimum atomic E-state index is 0.740. The number of nitrogens with zero attached hydrogens (tertiary/aromatic N) is 1. The predicted molar refractivity (Wildman–Crippen MR) is 81.3 cm³/mol. The third kappa shape index (κ3) is 2.84. The average molecular weight is 256 g/mol. The van der Waals surface area contributed by atoms with Gasteiger partial charge in [-0.15, -0.1) is 0 Å². The molecule has 1 unspecified atom stereocenters. The average Bonchev–Trinajstić information content (AvgIpc) is 3.18. The van der Waals surface area contributed by atoms with Crippen molar-refractivity contribution in [3.8, 4) is 0 Å². The largest absolute Gasteiger partial charge is 0.347 e. The van der Waals surface area contributed by atoms with Crippen molar-refractivity contribution in [3.63, 3.8) is 0 Å². The molecule has 0 radical (unpaired) electrons. The van der Waals surface area contributed by atoms with Crippen LogP contribution in [0.3, 0.4) is 0 Å². The van der Waals surface area contributed by atoms with E-state index in [4.69, 9.17) is 0 Å². The first-order valence-electron chi connectivity index (χ1n) is 7.58. The number of rotatable bonds is 6. The van der Waals surface area contributed by atoms with E-state index in [1.54, 1.807) is 0 Å². The van der Waals surface area contributed by atoms with Crippen LogP contribution < -0.4 is 5.32 Å².